The summed E-state index contributed by atoms with van der Waals surface area (Å²) in [7, 11) is 3.33. The number of allylic oxidation sites excluding steroid dienone is 2. The van der Waals surface area contributed by atoms with E-state index in [1.165, 1.54) is 11.1 Å². The molecule has 0 bridgehead atoms. The second-order valence-electron chi connectivity index (χ2n) is 10.3. The van der Waals surface area contributed by atoms with Crippen LogP contribution in [0.15, 0.2) is 101 Å². The van der Waals surface area contributed by atoms with E-state index in [0.717, 1.165) is 53.1 Å². The third-order valence-electron chi connectivity index (χ3n) is 7.94. The summed E-state index contributed by atoms with van der Waals surface area (Å²) in [6.07, 6.45) is 5.00. The van der Waals surface area contributed by atoms with Gasteiger partial charge in [0.1, 0.15) is 17.3 Å². The molecule has 2 aromatic heterocycles. The first kappa shape index (κ1) is 24.9. The summed E-state index contributed by atoms with van der Waals surface area (Å²) in [5.41, 5.74) is 6.87. The van der Waals surface area contributed by atoms with E-state index in [1.54, 1.807) is 18.6 Å². The number of aromatic amines is 1. The Morgan fingerprint density at radius 3 is 2.32 bits per heavy atom. The molecule has 8 heteroatoms. The quantitative estimate of drug-likeness (QED) is 0.275. The van der Waals surface area contributed by atoms with Crippen LogP contribution in [0.1, 0.15) is 41.9 Å². The SMILES string of the molecule is COc1ccc(/C=C2\CCCC3=C2Nc2nc4[nH]nc(-c5ccccc5)n4c(=O)c2C3c2ccc(OC)cc2)cc1. The number of nitrogens with zero attached hydrogens (tertiary/aromatic N) is 3. The van der Waals surface area contributed by atoms with Crippen molar-refractivity contribution >= 4 is 17.7 Å². The zero-order valence-corrected chi connectivity index (χ0v) is 22.8. The predicted molar refractivity (Wildman–Crippen MR) is 159 cm³/mol. The molecule has 2 aliphatic rings. The number of anilines is 1. The highest BCUT2D eigenvalue weighted by atomic mass is 16.5. The topological polar surface area (TPSA) is 93.5 Å². The molecule has 8 nitrogen and oxygen atoms in total. The molecule has 2 N–H and O–H groups in total. The average molecular weight is 544 g/mol. The van der Waals surface area contributed by atoms with Crippen molar-refractivity contribution in [3.05, 3.63) is 123 Å². The highest BCUT2D eigenvalue weighted by Crippen LogP contribution is 2.47. The molecule has 0 saturated heterocycles. The van der Waals surface area contributed by atoms with Crippen molar-refractivity contribution in [3.63, 3.8) is 0 Å². The van der Waals surface area contributed by atoms with E-state index in [0.29, 0.717) is 23.0 Å². The van der Waals surface area contributed by atoms with Crippen LogP contribution in [-0.4, -0.2) is 33.8 Å². The van der Waals surface area contributed by atoms with Gasteiger partial charge in [-0.1, -0.05) is 54.6 Å². The number of methoxy groups -OCH3 is 2. The van der Waals surface area contributed by atoms with Gasteiger partial charge in [0.15, 0.2) is 5.82 Å². The Bertz CT molecular complexity index is 1870. The van der Waals surface area contributed by atoms with E-state index < -0.39 is 0 Å². The molecule has 0 amide bonds. The summed E-state index contributed by atoms with van der Waals surface area (Å²) in [6.45, 7) is 0. The maximum Gasteiger partial charge on any atom is 0.267 e. The number of ether oxygens (including phenoxy) is 2. The minimum Gasteiger partial charge on any atom is -0.497 e. The van der Waals surface area contributed by atoms with Crippen molar-refractivity contribution < 1.29 is 9.47 Å². The van der Waals surface area contributed by atoms with Crippen LogP contribution in [-0.2, 0) is 0 Å². The van der Waals surface area contributed by atoms with E-state index >= 15 is 0 Å². The largest absolute Gasteiger partial charge is 0.497 e. The summed E-state index contributed by atoms with van der Waals surface area (Å²) < 4.78 is 12.4. The summed E-state index contributed by atoms with van der Waals surface area (Å²) >= 11 is 0. The molecule has 1 aliphatic heterocycles. The van der Waals surface area contributed by atoms with E-state index in [2.05, 4.69) is 33.7 Å². The van der Waals surface area contributed by atoms with Gasteiger partial charge in [0.2, 0.25) is 5.78 Å². The standard InChI is InChI=1S/C33H29N5O3/c1-40-24-15-11-20(12-16-24)19-23-9-6-10-26-27(21-13-17-25(41-2)18-14-21)28-30(34-29(23)26)35-33-37-36-31(38(33)32(28)39)22-7-4-3-5-8-22/h3-5,7-8,11-19,27,34H,6,9-10H2,1-2H3,(H,35,37)/b23-19+. The van der Waals surface area contributed by atoms with E-state index in [1.807, 2.05) is 66.7 Å². The molecule has 0 saturated carbocycles. The molecule has 0 fully saturated rings. The molecule has 41 heavy (non-hydrogen) atoms. The Labute approximate surface area is 237 Å². The first-order valence-corrected chi connectivity index (χ1v) is 13.7. The summed E-state index contributed by atoms with van der Waals surface area (Å²) in [5, 5.41) is 11.1. The molecule has 1 unspecified atom stereocenters. The summed E-state index contributed by atoms with van der Waals surface area (Å²) in [4.78, 5) is 19.3. The molecular weight excluding hydrogens is 514 g/mol. The number of rotatable bonds is 5. The Morgan fingerprint density at radius 2 is 1.61 bits per heavy atom. The van der Waals surface area contributed by atoms with Crippen molar-refractivity contribution in [2.24, 2.45) is 0 Å². The zero-order chi connectivity index (χ0) is 27.9. The van der Waals surface area contributed by atoms with Gasteiger partial charge in [-0.15, -0.1) is 0 Å². The third-order valence-corrected chi connectivity index (χ3v) is 7.94. The number of H-pyrrole nitrogens is 1. The summed E-state index contributed by atoms with van der Waals surface area (Å²) in [6, 6.07) is 25.7. The fourth-order valence-electron chi connectivity index (χ4n) is 5.97. The lowest BCUT2D eigenvalue weighted by Gasteiger charge is -2.35. The number of benzene rings is 3. The van der Waals surface area contributed by atoms with Gasteiger partial charge in [0.05, 0.1) is 19.8 Å². The minimum absolute atomic E-state index is 0.135. The number of aromatic nitrogens is 4. The van der Waals surface area contributed by atoms with Gasteiger partial charge >= 0.3 is 0 Å². The Balaban J connectivity index is 1.43. The van der Waals surface area contributed by atoms with Gasteiger partial charge in [-0.25, -0.2) is 9.50 Å². The van der Waals surface area contributed by atoms with Crippen LogP contribution in [0, 0.1) is 0 Å². The second-order valence-corrected chi connectivity index (χ2v) is 10.3. The number of hydrogen-bond acceptors (Lipinski definition) is 6. The second kappa shape index (κ2) is 10.1. The van der Waals surface area contributed by atoms with Gasteiger partial charge < -0.3 is 14.8 Å². The highest BCUT2D eigenvalue weighted by molar-refractivity contribution is 5.72. The Hall–Kier alpha value is -5.11. The smallest absolute Gasteiger partial charge is 0.267 e. The Kier molecular flexibility index (Phi) is 6.15. The van der Waals surface area contributed by atoms with Crippen LogP contribution in [0.3, 0.4) is 0 Å². The lowest BCUT2D eigenvalue weighted by molar-refractivity contribution is 0.414. The molecule has 1 atom stereocenters. The number of nitrogens with one attached hydrogen (secondary N) is 2. The molecule has 0 spiro atoms. The number of fused-ring (bicyclic) bond motifs is 2. The fraction of sp³-hybridized carbons (Fsp3) is 0.182. The zero-order valence-electron chi connectivity index (χ0n) is 22.8. The van der Waals surface area contributed by atoms with Crippen LogP contribution in [0.25, 0.3) is 23.2 Å². The normalized spacial score (nSPS) is 17.2. The third kappa shape index (κ3) is 4.28. The molecule has 5 aromatic rings. The van der Waals surface area contributed by atoms with Gasteiger partial charge in [-0.3, -0.25) is 4.79 Å². The van der Waals surface area contributed by atoms with Crippen molar-refractivity contribution in [1.29, 1.82) is 0 Å². The average Bonchev–Trinajstić information content (AvgIpc) is 3.46. The van der Waals surface area contributed by atoms with E-state index in [4.69, 9.17) is 14.5 Å². The van der Waals surface area contributed by atoms with Gasteiger partial charge in [-0.2, -0.15) is 10.1 Å². The Morgan fingerprint density at radius 1 is 0.902 bits per heavy atom. The molecule has 3 heterocycles. The molecule has 204 valence electrons. The summed E-state index contributed by atoms with van der Waals surface area (Å²) in [5.74, 6) is 2.82. The van der Waals surface area contributed by atoms with E-state index in [9.17, 15) is 4.79 Å². The molecule has 7 rings (SSSR count). The predicted octanol–water partition coefficient (Wildman–Crippen LogP) is 6.18. The first-order chi connectivity index (χ1) is 20.1. The van der Waals surface area contributed by atoms with Gasteiger partial charge in [0.25, 0.3) is 5.56 Å². The first-order valence-electron chi connectivity index (χ1n) is 13.7. The van der Waals surface area contributed by atoms with Crippen molar-refractivity contribution in [2.45, 2.75) is 25.2 Å². The van der Waals surface area contributed by atoms with Crippen molar-refractivity contribution in [2.75, 3.05) is 19.5 Å². The van der Waals surface area contributed by atoms with Crippen molar-refractivity contribution in [1.82, 2.24) is 19.6 Å². The van der Waals surface area contributed by atoms with Crippen molar-refractivity contribution in [3.8, 4) is 22.9 Å². The van der Waals surface area contributed by atoms with Crippen LogP contribution in [0.4, 0.5) is 5.82 Å². The van der Waals surface area contributed by atoms with Gasteiger partial charge in [-0.05, 0) is 71.9 Å². The lowest BCUT2D eigenvalue weighted by Crippen LogP contribution is -2.31. The molecule has 1 aliphatic carbocycles. The molecule has 3 aromatic carbocycles. The highest BCUT2D eigenvalue weighted by Gasteiger charge is 2.36. The number of hydrogen-bond donors (Lipinski definition) is 2. The fourth-order valence-corrected chi connectivity index (χ4v) is 5.97. The lowest BCUT2D eigenvalue weighted by atomic mass is 9.75. The molecular formula is C33H29N5O3. The maximum atomic E-state index is 14.4. The molecule has 0 radical (unpaired) electrons. The van der Waals surface area contributed by atoms with Crippen LogP contribution >= 0.6 is 0 Å². The minimum atomic E-state index is -0.262. The maximum absolute atomic E-state index is 14.4. The van der Waals surface area contributed by atoms with E-state index in [-0.39, 0.29) is 11.5 Å². The monoisotopic (exact) mass is 543 g/mol. The van der Waals surface area contributed by atoms with Crippen LogP contribution in [0.2, 0.25) is 0 Å². The van der Waals surface area contributed by atoms with Gasteiger partial charge in [0, 0.05) is 17.2 Å². The van der Waals surface area contributed by atoms with Crippen LogP contribution in [0.5, 0.6) is 11.5 Å². The van der Waals surface area contributed by atoms with Crippen LogP contribution < -0.4 is 20.3 Å².